The average Bonchev–Trinajstić information content (AvgIpc) is 2.78. The summed E-state index contributed by atoms with van der Waals surface area (Å²) in [5, 5.41) is 0. The summed E-state index contributed by atoms with van der Waals surface area (Å²) < 4.78 is 26.3. The van der Waals surface area contributed by atoms with Gasteiger partial charge < -0.3 is 0 Å². The van der Waals surface area contributed by atoms with Crippen molar-refractivity contribution in [1.82, 2.24) is 9.29 Å². The largest absolute Gasteiger partial charge is 0.265 e. The number of aromatic nitrogens is 1. The zero-order valence-corrected chi connectivity index (χ0v) is 11.8. The number of pyridine rings is 1. The van der Waals surface area contributed by atoms with E-state index >= 15 is 0 Å². The average molecular weight is 282 g/mol. The van der Waals surface area contributed by atoms with Crippen LogP contribution in [0.3, 0.4) is 0 Å². The number of hydrogen-bond acceptors (Lipinski definition) is 4. The molecule has 2 rings (SSSR count). The van der Waals surface area contributed by atoms with Gasteiger partial charge >= 0.3 is 0 Å². The van der Waals surface area contributed by atoms with Crippen LogP contribution >= 0.6 is 11.3 Å². The summed E-state index contributed by atoms with van der Waals surface area (Å²) in [5.74, 6) is 0. The van der Waals surface area contributed by atoms with Gasteiger partial charge in [0.05, 0.1) is 0 Å². The predicted octanol–water partition coefficient (Wildman–Crippen LogP) is 2.27. The molecule has 2 aromatic rings. The van der Waals surface area contributed by atoms with Gasteiger partial charge in [-0.3, -0.25) is 4.98 Å². The number of aryl methyl sites for hydroxylation is 1. The molecule has 0 amide bonds. The van der Waals surface area contributed by atoms with Crippen molar-refractivity contribution in [2.45, 2.75) is 17.7 Å². The van der Waals surface area contributed by atoms with Gasteiger partial charge in [-0.25, -0.2) is 8.42 Å². The van der Waals surface area contributed by atoms with Crippen LogP contribution < -0.4 is 0 Å². The quantitative estimate of drug-likeness (QED) is 0.864. The van der Waals surface area contributed by atoms with Crippen molar-refractivity contribution in [3.63, 3.8) is 0 Å². The smallest absolute Gasteiger partial charge is 0.252 e. The van der Waals surface area contributed by atoms with Crippen LogP contribution in [0.25, 0.3) is 0 Å². The molecule has 2 aromatic heterocycles. The molecule has 0 aromatic carbocycles. The summed E-state index contributed by atoms with van der Waals surface area (Å²) in [6.45, 7) is 2.24. The lowest BCUT2D eigenvalue weighted by Gasteiger charge is -2.15. The van der Waals surface area contributed by atoms with Gasteiger partial charge in [-0.1, -0.05) is 0 Å². The molecule has 0 saturated carbocycles. The lowest BCUT2D eigenvalue weighted by molar-refractivity contribution is 0.468. The Morgan fingerprint density at radius 1 is 1.22 bits per heavy atom. The molecular weight excluding hydrogens is 268 g/mol. The van der Waals surface area contributed by atoms with E-state index in [9.17, 15) is 8.42 Å². The van der Waals surface area contributed by atoms with Gasteiger partial charge in [-0.05, 0) is 36.8 Å². The van der Waals surface area contributed by atoms with Gasteiger partial charge in [-0.15, -0.1) is 11.3 Å². The first kappa shape index (κ1) is 13.2. The summed E-state index contributed by atoms with van der Waals surface area (Å²) in [6.07, 6.45) is 3.32. The van der Waals surface area contributed by atoms with E-state index in [2.05, 4.69) is 4.98 Å². The Bertz CT molecular complexity index is 621. The molecule has 0 unspecified atom stereocenters. The van der Waals surface area contributed by atoms with Crippen molar-refractivity contribution in [3.05, 3.63) is 47.1 Å². The minimum absolute atomic E-state index is 0.349. The molecule has 2 heterocycles. The molecule has 18 heavy (non-hydrogen) atoms. The van der Waals surface area contributed by atoms with Crippen molar-refractivity contribution in [2.24, 2.45) is 0 Å². The lowest BCUT2D eigenvalue weighted by Crippen LogP contribution is -2.25. The second kappa shape index (κ2) is 5.17. The Morgan fingerprint density at radius 3 is 2.44 bits per heavy atom. The van der Waals surface area contributed by atoms with Crippen LogP contribution in [-0.2, 0) is 16.6 Å². The van der Waals surface area contributed by atoms with E-state index in [1.807, 2.05) is 25.1 Å². The van der Waals surface area contributed by atoms with Crippen LogP contribution in [0.4, 0.5) is 0 Å². The van der Waals surface area contributed by atoms with E-state index in [-0.39, 0.29) is 0 Å². The Labute approximate surface area is 111 Å². The van der Waals surface area contributed by atoms with Gasteiger partial charge in [-0.2, -0.15) is 4.31 Å². The predicted molar refractivity (Wildman–Crippen MR) is 71.9 cm³/mol. The molecule has 0 fully saturated rings. The Balaban J connectivity index is 2.21. The minimum Gasteiger partial charge on any atom is -0.265 e. The summed E-state index contributed by atoms with van der Waals surface area (Å²) in [4.78, 5) is 4.90. The van der Waals surface area contributed by atoms with Gasteiger partial charge in [0.1, 0.15) is 4.21 Å². The second-order valence-corrected chi connectivity index (χ2v) is 7.54. The number of nitrogens with zero attached hydrogens (tertiary/aromatic N) is 2. The number of sulfonamides is 1. The molecular formula is C12H14N2O2S2. The van der Waals surface area contributed by atoms with Crippen molar-refractivity contribution in [3.8, 4) is 0 Å². The number of thiophene rings is 1. The third-order valence-corrected chi connectivity index (χ3v) is 5.81. The third-order valence-electron chi connectivity index (χ3n) is 2.53. The van der Waals surface area contributed by atoms with Crippen molar-refractivity contribution >= 4 is 21.4 Å². The van der Waals surface area contributed by atoms with Crippen LogP contribution in [-0.4, -0.2) is 24.8 Å². The Hall–Kier alpha value is -1.24. The Morgan fingerprint density at radius 2 is 1.89 bits per heavy atom. The highest BCUT2D eigenvalue weighted by Crippen LogP contribution is 2.24. The normalized spacial score (nSPS) is 11.9. The second-order valence-electron chi connectivity index (χ2n) is 3.98. The monoisotopic (exact) mass is 282 g/mol. The fraction of sp³-hybridized carbons (Fsp3) is 0.250. The summed E-state index contributed by atoms with van der Waals surface area (Å²) >= 11 is 1.29. The van der Waals surface area contributed by atoms with Crippen LogP contribution in [0.15, 0.2) is 40.9 Å². The lowest BCUT2D eigenvalue weighted by atomic mass is 10.3. The molecule has 0 aliphatic carbocycles. The highest BCUT2D eigenvalue weighted by molar-refractivity contribution is 7.91. The van der Waals surface area contributed by atoms with Crippen LogP contribution in [0.5, 0.6) is 0 Å². The molecule has 0 atom stereocenters. The minimum atomic E-state index is -3.38. The topological polar surface area (TPSA) is 50.3 Å². The first-order valence-corrected chi connectivity index (χ1v) is 7.67. The van der Waals surface area contributed by atoms with E-state index in [1.165, 1.54) is 15.6 Å². The highest BCUT2D eigenvalue weighted by atomic mass is 32.2. The molecule has 4 nitrogen and oxygen atoms in total. The molecule has 96 valence electrons. The van der Waals surface area contributed by atoms with Crippen molar-refractivity contribution in [2.75, 3.05) is 7.05 Å². The highest BCUT2D eigenvalue weighted by Gasteiger charge is 2.22. The van der Waals surface area contributed by atoms with Crippen LogP contribution in [0, 0.1) is 6.92 Å². The third kappa shape index (κ3) is 2.77. The van der Waals surface area contributed by atoms with Crippen molar-refractivity contribution < 1.29 is 8.42 Å². The number of hydrogen-bond donors (Lipinski definition) is 0. The first-order valence-electron chi connectivity index (χ1n) is 5.42. The van der Waals surface area contributed by atoms with Gasteiger partial charge in [0.2, 0.25) is 0 Å². The van der Waals surface area contributed by atoms with Crippen molar-refractivity contribution in [1.29, 1.82) is 0 Å². The molecule has 0 bridgehead atoms. The summed E-state index contributed by atoms with van der Waals surface area (Å²) in [6, 6.07) is 7.09. The molecule has 0 N–H and O–H groups in total. The van der Waals surface area contributed by atoms with Crippen LogP contribution in [0.1, 0.15) is 10.4 Å². The zero-order chi connectivity index (χ0) is 13.2. The Kier molecular flexibility index (Phi) is 3.79. The SMILES string of the molecule is Cc1ccc(S(=O)(=O)N(C)Cc2ccncc2)s1. The summed E-state index contributed by atoms with van der Waals surface area (Å²) in [5.41, 5.74) is 0.921. The van der Waals surface area contributed by atoms with E-state index in [4.69, 9.17) is 0 Å². The van der Waals surface area contributed by atoms with Gasteiger partial charge in [0.15, 0.2) is 0 Å². The van der Waals surface area contributed by atoms with E-state index in [0.29, 0.717) is 10.8 Å². The molecule has 6 heteroatoms. The van der Waals surface area contributed by atoms with E-state index < -0.39 is 10.0 Å². The number of rotatable bonds is 4. The maximum absolute atomic E-state index is 12.3. The molecule has 0 radical (unpaired) electrons. The standard InChI is InChI=1S/C12H14N2O2S2/c1-10-3-4-12(17-10)18(15,16)14(2)9-11-5-7-13-8-6-11/h3-8H,9H2,1-2H3. The molecule has 0 spiro atoms. The fourth-order valence-corrected chi connectivity index (χ4v) is 4.19. The maximum Gasteiger partial charge on any atom is 0.252 e. The zero-order valence-electron chi connectivity index (χ0n) is 10.2. The van der Waals surface area contributed by atoms with Gasteiger partial charge in [0.25, 0.3) is 10.0 Å². The van der Waals surface area contributed by atoms with E-state index in [1.54, 1.807) is 25.5 Å². The van der Waals surface area contributed by atoms with Gasteiger partial charge in [0, 0.05) is 30.9 Å². The van der Waals surface area contributed by atoms with Crippen LogP contribution in [0.2, 0.25) is 0 Å². The fourth-order valence-electron chi connectivity index (χ4n) is 1.53. The molecule has 0 aliphatic heterocycles. The first-order chi connectivity index (χ1) is 8.50. The van der Waals surface area contributed by atoms with E-state index in [0.717, 1.165) is 10.4 Å². The maximum atomic E-state index is 12.3. The molecule has 0 saturated heterocycles. The summed E-state index contributed by atoms with van der Waals surface area (Å²) in [7, 11) is -1.80. The molecule has 0 aliphatic rings.